The van der Waals surface area contributed by atoms with E-state index in [1.807, 2.05) is 7.05 Å². The fourth-order valence-corrected chi connectivity index (χ4v) is 3.21. The van der Waals surface area contributed by atoms with Crippen LogP contribution in [0, 0.1) is 13.8 Å². The highest BCUT2D eigenvalue weighted by Crippen LogP contribution is 2.38. The minimum atomic E-state index is 0.0905. The molecule has 1 aromatic carbocycles. The molecule has 0 saturated heterocycles. The molecular formula is C17H22N4OS. The van der Waals surface area contributed by atoms with Gasteiger partial charge >= 0.3 is 0 Å². The third-order valence-corrected chi connectivity index (χ3v) is 4.93. The Kier molecular flexibility index (Phi) is 4.71. The van der Waals surface area contributed by atoms with Gasteiger partial charge in [0, 0.05) is 19.5 Å². The van der Waals surface area contributed by atoms with Crippen molar-refractivity contribution in [1.29, 1.82) is 0 Å². The minimum Gasteiger partial charge on any atom is -0.341 e. The smallest absolute Gasteiger partial charge is 0.233 e. The molecule has 5 nitrogen and oxygen atoms in total. The largest absolute Gasteiger partial charge is 0.341 e. The summed E-state index contributed by atoms with van der Waals surface area (Å²) in [6.45, 7) is 4.80. The molecule has 0 atom stereocenters. The maximum atomic E-state index is 12.3. The van der Waals surface area contributed by atoms with Crippen molar-refractivity contribution in [3.8, 4) is 0 Å². The summed E-state index contributed by atoms with van der Waals surface area (Å²) < 4.78 is 0. The number of carbonyl (C=O) groups is 1. The maximum Gasteiger partial charge on any atom is 0.233 e. The number of aryl methyl sites for hydroxylation is 2. The Labute approximate surface area is 140 Å². The molecule has 1 N–H and O–H groups in total. The van der Waals surface area contributed by atoms with Crippen LogP contribution < -0.4 is 0 Å². The number of benzene rings is 1. The fraction of sp³-hybridized carbons (Fsp3) is 0.471. The van der Waals surface area contributed by atoms with Gasteiger partial charge in [0.2, 0.25) is 11.1 Å². The van der Waals surface area contributed by atoms with Crippen molar-refractivity contribution in [2.24, 2.45) is 0 Å². The monoisotopic (exact) mass is 330 g/mol. The Morgan fingerprint density at radius 3 is 2.87 bits per heavy atom. The van der Waals surface area contributed by atoms with Gasteiger partial charge in [0.25, 0.3) is 0 Å². The van der Waals surface area contributed by atoms with Crippen molar-refractivity contribution < 1.29 is 4.79 Å². The first-order chi connectivity index (χ1) is 11.0. The summed E-state index contributed by atoms with van der Waals surface area (Å²) >= 11 is 1.40. The Hall–Kier alpha value is -1.82. The average Bonchev–Trinajstić information content (AvgIpc) is 3.26. The van der Waals surface area contributed by atoms with Gasteiger partial charge in [-0.15, -0.1) is 5.10 Å². The van der Waals surface area contributed by atoms with E-state index < -0.39 is 0 Å². The molecule has 6 heteroatoms. The fourth-order valence-electron chi connectivity index (χ4n) is 2.47. The number of aromatic amines is 1. The van der Waals surface area contributed by atoms with Crippen molar-refractivity contribution in [3.05, 3.63) is 40.7 Å². The van der Waals surface area contributed by atoms with E-state index in [9.17, 15) is 4.79 Å². The maximum absolute atomic E-state index is 12.3. The Morgan fingerprint density at radius 1 is 1.39 bits per heavy atom. The third kappa shape index (κ3) is 4.13. The zero-order valence-electron chi connectivity index (χ0n) is 13.8. The lowest BCUT2D eigenvalue weighted by molar-refractivity contribution is -0.127. The normalized spacial score (nSPS) is 14.0. The van der Waals surface area contributed by atoms with E-state index in [-0.39, 0.29) is 5.91 Å². The zero-order chi connectivity index (χ0) is 16.4. The van der Waals surface area contributed by atoms with E-state index in [2.05, 4.69) is 47.2 Å². The van der Waals surface area contributed by atoms with Crippen LogP contribution in [-0.4, -0.2) is 38.8 Å². The third-order valence-electron chi connectivity index (χ3n) is 4.10. The number of aromatic nitrogens is 3. The molecule has 122 valence electrons. The van der Waals surface area contributed by atoms with Crippen molar-refractivity contribution >= 4 is 17.7 Å². The summed E-state index contributed by atoms with van der Waals surface area (Å²) in [7, 11) is 1.84. The molecule has 0 spiro atoms. The average molecular weight is 330 g/mol. The summed E-state index contributed by atoms with van der Waals surface area (Å²) in [5.74, 6) is 1.97. The summed E-state index contributed by atoms with van der Waals surface area (Å²) in [5, 5.41) is 7.81. The number of nitrogens with one attached hydrogen (secondary N) is 1. The van der Waals surface area contributed by atoms with E-state index >= 15 is 0 Å². The molecule has 0 radical (unpaired) electrons. The van der Waals surface area contributed by atoms with E-state index in [0.29, 0.717) is 23.4 Å². The predicted molar refractivity (Wildman–Crippen MR) is 91.5 cm³/mol. The van der Waals surface area contributed by atoms with Gasteiger partial charge < -0.3 is 4.90 Å². The highest BCUT2D eigenvalue weighted by Gasteiger charge is 2.27. The lowest BCUT2D eigenvalue weighted by Crippen LogP contribution is -2.28. The van der Waals surface area contributed by atoms with E-state index in [1.54, 1.807) is 4.90 Å². The van der Waals surface area contributed by atoms with Crippen LogP contribution in [0.1, 0.15) is 41.3 Å². The number of hydrogen-bond acceptors (Lipinski definition) is 4. The molecule has 0 unspecified atom stereocenters. The van der Waals surface area contributed by atoms with Gasteiger partial charge in [0.05, 0.1) is 5.75 Å². The first-order valence-corrected chi connectivity index (χ1v) is 8.86. The molecule has 1 aliphatic rings. The molecule has 0 aliphatic heterocycles. The number of nitrogens with zero attached hydrogens (tertiary/aromatic N) is 3. The SMILES string of the molecule is Cc1ccc(CN(C)C(=O)CSc2n[nH]c(C3CC3)n2)c(C)c1. The van der Waals surface area contributed by atoms with Gasteiger partial charge in [-0.2, -0.15) is 0 Å². The highest BCUT2D eigenvalue weighted by atomic mass is 32.2. The number of hydrogen-bond donors (Lipinski definition) is 1. The summed E-state index contributed by atoms with van der Waals surface area (Å²) in [5.41, 5.74) is 3.65. The molecular weight excluding hydrogens is 308 g/mol. The van der Waals surface area contributed by atoms with Gasteiger partial charge in [0.1, 0.15) is 5.82 Å². The van der Waals surface area contributed by atoms with Crippen LogP contribution in [0.25, 0.3) is 0 Å². The lowest BCUT2D eigenvalue weighted by atomic mass is 10.1. The van der Waals surface area contributed by atoms with Gasteiger partial charge in [-0.1, -0.05) is 35.5 Å². The molecule has 1 amide bonds. The second-order valence-electron chi connectivity index (χ2n) is 6.25. The van der Waals surface area contributed by atoms with Crippen LogP contribution in [0.15, 0.2) is 23.4 Å². The van der Waals surface area contributed by atoms with Crippen LogP contribution in [0.2, 0.25) is 0 Å². The van der Waals surface area contributed by atoms with Crippen molar-refractivity contribution in [2.75, 3.05) is 12.8 Å². The quantitative estimate of drug-likeness (QED) is 0.827. The Morgan fingerprint density at radius 2 is 2.17 bits per heavy atom. The zero-order valence-corrected chi connectivity index (χ0v) is 14.6. The summed E-state index contributed by atoms with van der Waals surface area (Å²) in [6, 6.07) is 6.33. The van der Waals surface area contributed by atoms with Crippen molar-refractivity contribution in [1.82, 2.24) is 20.1 Å². The van der Waals surface area contributed by atoms with Crippen LogP contribution >= 0.6 is 11.8 Å². The molecule has 0 bridgehead atoms. The standard InChI is InChI=1S/C17H22N4OS/c1-11-4-5-14(12(2)8-11)9-21(3)15(22)10-23-17-18-16(19-20-17)13-6-7-13/h4-5,8,13H,6-7,9-10H2,1-3H3,(H,18,19,20). The number of carbonyl (C=O) groups excluding carboxylic acids is 1. The van der Waals surface area contributed by atoms with Gasteiger partial charge in [-0.05, 0) is 37.8 Å². The first-order valence-electron chi connectivity index (χ1n) is 7.88. The number of thioether (sulfide) groups is 1. The minimum absolute atomic E-state index is 0.0905. The second-order valence-corrected chi connectivity index (χ2v) is 7.19. The molecule has 2 aromatic rings. The predicted octanol–water partition coefficient (Wildman–Crippen LogP) is 3.05. The molecule has 1 heterocycles. The first kappa shape index (κ1) is 16.1. The Balaban J connectivity index is 1.52. The van der Waals surface area contributed by atoms with Gasteiger partial charge in [0.15, 0.2) is 0 Å². The summed E-state index contributed by atoms with van der Waals surface area (Å²) in [6.07, 6.45) is 2.38. The molecule has 23 heavy (non-hydrogen) atoms. The molecule has 3 rings (SSSR count). The highest BCUT2D eigenvalue weighted by molar-refractivity contribution is 7.99. The number of H-pyrrole nitrogens is 1. The topological polar surface area (TPSA) is 61.9 Å². The van der Waals surface area contributed by atoms with Crippen LogP contribution in [0.4, 0.5) is 0 Å². The number of rotatable bonds is 6. The molecule has 1 fully saturated rings. The van der Waals surface area contributed by atoms with Gasteiger partial charge in [-0.3, -0.25) is 9.89 Å². The Bertz CT molecular complexity index is 708. The van der Waals surface area contributed by atoms with E-state index in [1.165, 1.54) is 41.3 Å². The van der Waals surface area contributed by atoms with Crippen molar-refractivity contribution in [3.63, 3.8) is 0 Å². The van der Waals surface area contributed by atoms with Crippen molar-refractivity contribution in [2.45, 2.75) is 44.3 Å². The van der Waals surface area contributed by atoms with Gasteiger partial charge in [-0.25, -0.2) is 4.98 Å². The number of amides is 1. The molecule has 1 aromatic heterocycles. The molecule has 1 saturated carbocycles. The van der Waals surface area contributed by atoms with E-state index in [0.717, 1.165) is 5.82 Å². The van der Waals surface area contributed by atoms with Crippen LogP contribution in [0.3, 0.4) is 0 Å². The second kappa shape index (κ2) is 6.74. The summed E-state index contributed by atoms with van der Waals surface area (Å²) in [4.78, 5) is 18.5. The van der Waals surface area contributed by atoms with E-state index in [4.69, 9.17) is 0 Å². The van der Waals surface area contributed by atoms with Crippen LogP contribution in [-0.2, 0) is 11.3 Å². The van der Waals surface area contributed by atoms with Crippen LogP contribution in [0.5, 0.6) is 0 Å². The lowest BCUT2D eigenvalue weighted by Gasteiger charge is -2.18. The molecule has 1 aliphatic carbocycles.